The molecule has 0 saturated carbocycles. The summed E-state index contributed by atoms with van der Waals surface area (Å²) in [5.41, 5.74) is 0. The van der Waals surface area contributed by atoms with Gasteiger partial charge < -0.3 is 19.3 Å². The first-order valence-electron chi connectivity index (χ1n) is 9.54. The second kappa shape index (κ2) is 9.42. The van der Waals surface area contributed by atoms with Crippen LogP contribution in [0.25, 0.3) is 0 Å². The highest BCUT2D eigenvalue weighted by molar-refractivity contribution is 6.30. The van der Waals surface area contributed by atoms with Crippen LogP contribution in [0.1, 0.15) is 25.7 Å². The van der Waals surface area contributed by atoms with Crippen molar-refractivity contribution in [2.45, 2.75) is 31.8 Å². The summed E-state index contributed by atoms with van der Waals surface area (Å²) in [6, 6.07) is 7.40. The maximum atomic E-state index is 12.9. The van der Waals surface area contributed by atoms with Crippen molar-refractivity contribution in [1.29, 1.82) is 0 Å². The molecule has 2 aliphatic rings. The monoisotopic (exact) mass is 394 g/mol. The minimum atomic E-state index is -0.107. The second-order valence-electron chi connectivity index (χ2n) is 7.17. The number of nitrogens with zero attached hydrogens (tertiary/aromatic N) is 2. The number of carbonyl (C=O) groups is 2. The third-order valence-electron chi connectivity index (χ3n) is 5.27. The molecule has 0 aliphatic carbocycles. The Bertz CT molecular complexity index is 661. The third kappa shape index (κ3) is 5.36. The molecule has 27 heavy (non-hydrogen) atoms. The van der Waals surface area contributed by atoms with E-state index in [0.29, 0.717) is 50.7 Å². The number of likely N-dealkylation sites (tertiary alicyclic amines) is 2. The Kier molecular flexibility index (Phi) is 6.96. The maximum Gasteiger partial charge on any atom is 0.227 e. The van der Waals surface area contributed by atoms with E-state index in [1.54, 1.807) is 12.0 Å². The SMILES string of the molecule is COCCN1C[C@@H](C(=O)N2CCC(Oc3cccc(Cl)c3)CC2)CCC1=O. The Hall–Kier alpha value is -1.79. The van der Waals surface area contributed by atoms with Gasteiger partial charge in [-0.2, -0.15) is 0 Å². The van der Waals surface area contributed by atoms with Gasteiger partial charge in [-0.1, -0.05) is 17.7 Å². The van der Waals surface area contributed by atoms with Gasteiger partial charge in [0.05, 0.1) is 12.5 Å². The van der Waals surface area contributed by atoms with Crippen LogP contribution in [0.4, 0.5) is 0 Å². The lowest BCUT2D eigenvalue weighted by atomic mass is 9.94. The van der Waals surface area contributed by atoms with Gasteiger partial charge in [-0.15, -0.1) is 0 Å². The van der Waals surface area contributed by atoms with Gasteiger partial charge in [0.15, 0.2) is 0 Å². The standard InChI is InChI=1S/C20H27ClN2O4/c1-26-12-11-23-14-15(5-6-19(23)24)20(25)22-9-7-17(8-10-22)27-18-4-2-3-16(21)13-18/h2-4,13,15,17H,5-12,14H2,1H3/t15-/m0/s1. The number of hydrogen-bond donors (Lipinski definition) is 0. The van der Waals surface area contributed by atoms with Crippen LogP contribution in [0.2, 0.25) is 5.02 Å². The number of amides is 2. The van der Waals surface area contributed by atoms with Crippen molar-refractivity contribution < 1.29 is 19.1 Å². The van der Waals surface area contributed by atoms with E-state index in [4.69, 9.17) is 21.1 Å². The molecule has 3 rings (SSSR count). The molecule has 7 heteroatoms. The average Bonchev–Trinajstić information content (AvgIpc) is 2.67. The maximum absolute atomic E-state index is 12.9. The molecule has 0 radical (unpaired) electrons. The Morgan fingerprint density at radius 2 is 2.04 bits per heavy atom. The molecule has 0 bridgehead atoms. The quantitative estimate of drug-likeness (QED) is 0.744. The van der Waals surface area contributed by atoms with E-state index < -0.39 is 0 Å². The Morgan fingerprint density at radius 1 is 1.26 bits per heavy atom. The zero-order chi connectivity index (χ0) is 19.2. The van der Waals surface area contributed by atoms with Crippen molar-refractivity contribution in [3.8, 4) is 5.75 Å². The summed E-state index contributed by atoms with van der Waals surface area (Å²) in [6.07, 6.45) is 2.78. The van der Waals surface area contributed by atoms with Crippen molar-refractivity contribution >= 4 is 23.4 Å². The van der Waals surface area contributed by atoms with Gasteiger partial charge in [-0.3, -0.25) is 9.59 Å². The summed E-state index contributed by atoms with van der Waals surface area (Å²) in [5, 5.41) is 0.657. The second-order valence-corrected chi connectivity index (χ2v) is 7.60. The van der Waals surface area contributed by atoms with E-state index in [1.807, 2.05) is 29.2 Å². The van der Waals surface area contributed by atoms with Crippen molar-refractivity contribution in [2.75, 3.05) is 39.9 Å². The largest absolute Gasteiger partial charge is 0.490 e. The van der Waals surface area contributed by atoms with Crippen molar-refractivity contribution in [1.82, 2.24) is 9.80 Å². The molecule has 0 aromatic heterocycles. The Balaban J connectivity index is 1.48. The van der Waals surface area contributed by atoms with Gasteiger partial charge >= 0.3 is 0 Å². The minimum absolute atomic E-state index is 0.0960. The normalized spacial score (nSPS) is 21.4. The highest BCUT2D eigenvalue weighted by Crippen LogP contribution is 2.25. The first-order valence-corrected chi connectivity index (χ1v) is 9.92. The van der Waals surface area contributed by atoms with Crippen LogP contribution in [0.3, 0.4) is 0 Å². The molecule has 6 nitrogen and oxygen atoms in total. The van der Waals surface area contributed by atoms with Crippen LogP contribution in [0, 0.1) is 5.92 Å². The number of methoxy groups -OCH3 is 1. The summed E-state index contributed by atoms with van der Waals surface area (Å²) in [4.78, 5) is 28.6. The van der Waals surface area contributed by atoms with Gasteiger partial charge in [0, 0.05) is 57.6 Å². The minimum Gasteiger partial charge on any atom is -0.490 e. The lowest BCUT2D eigenvalue weighted by molar-refractivity contribution is -0.144. The molecule has 0 N–H and O–H groups in total. The molecule has 1 atom stereocenters. The number of halogens is 1. The molecule has 2 fully saturated rings. The van der Waals surface area contributed by atoms with E-state index in [2.05, 4.69) is 0 Å². The fourth-order valence-corrected chi connectivity index (χ4v) is 3.90. The number of ether oxygens (including phenoxy) is 2. The number of carbonyl (C=O) groups excluding carboxylic acids is 2. The summed E-state index contributed by atoms with van der Waals surface area (Å²) in [5.74, 6) is 0.938. The summed E-state index contributed by atoms with van der Waals surface area (Å²) >= 11 is 6.00. The summed E-state index contributed by atoms with van der Waals surface area (Å²) in [7, 11) is 1.62. The number of benzene rings is 1. The number of hydrogen-bond acceptors (Lipinski definition) is 4. The van der Waals surface area contributed by atoms with Crippen molar-refractivity contribution in [3.63, 3.8) is 0 Å². The van der Waals surface area contributed by atoms with Gasteiger partial charge in [-0.05, 0) is 24.6 Å². The molecule has 2 aliphatic heterocycles. The van der Waals surface area contributed by atoms with Gasteiger partial charge in [0.2, 0.25) is 11.8 Å². The zero-order valence-electron chi connectivity index (χ0n) is 15.7. The topological polar surface area (TPSA) is 59.1 Å². The molecule has 0 unspecified atom stereocenters. The van der Waals surface area contributed by atoms with Crippen LogP contribution in [0.5, 0.6) is 5.75 Å². The zero-order valence-corrected chi connectivity index (χ0v) is 16.5. The van der Waals surface area contributed by atoms with Crippen LogP contribution in [-0.2, 0) is 14.3 Å². The van der Waals surface area contributed by atoms with E-state index in [-0.39, 0.29) is 23.8 Å². The van der Waals surface area contributed by atoms with Crippen LogP contribution in [-0.4, -0.2) is 67.6 Å². The Morgan fingerprint density at radius 3 is 2.74 bits per heavy atom. The highest BCUT2D eigenvalue weighted by atomic mass is 35.5. The fourth-order valence-electron chi connectivity index (χ4n) is 3.72. The van der Waals surface area contributed by atoms with Gasteiger partial charge in [0.1, 0.15) is 11.9 Å². The lowest BCUT2D eigenvalue weighted by Crippen LogP contribution is -2.50. The van der Waals surface area contributed by atoms with E-state index in [1.165, 1.54) is 0 Å². The first kappa shape index (κ1) is 20.0. The molecule has 0 spiro atoms. The van der Waals surface area contributed by atoms with Crippen LogP contribution >= 0.6 is 11.6 Å². The molecular formula is C20H27ClN2O4. The van der Waals surface area contributed by atoms with Crippen LogP contribution in [0.15, 0.2) is 24.3 Å². The van der Waals surface area contributed by atoms with Crippen molar-refractivity contribution in [2.24, 2.45) is 5.92 Å². The molecular weight excluding hydrogens is 368 g/mol. The average molecular weight is 395 g/mol. The third-order valence-corrected chi connectivity index (χ3v) is 5.50. The molecule has 2 amide bonds. The van der Waals surface area contributed by atoms with Gasteiger partial charge in [0.25, 0.3) is 0 Å². The molecule has 1 aromatic rings. The van der Waals surface area contributed by atoms with Crippen molar-refractivity contribution in [3.05, 3.63) is 29.3 Å². The van der Waals surface area contributed by atoms with Crippen LogP contribution < -0.4 is 4.74 Å². The smallest absolute Gasteiger partial charge is 0.227 e. The molecule has 1 aromatic carbocycles. The van der Waals surface area contributed by atoms with Gasteiger partial charge in [-0.25, -0.2) is 0 Å². The number of rotatable bonds is 6. The molecule has 2 saturated heterocycles. The highest BCUT2D eigenvalue weighted by Gasteiger charge is 2.34. The van der Waals surface area contributed by atoms with E-state index >= 15 is 0 Å². The summed E-state index contributed by atoms with van der Waals surface area (Å²) in [6.45, 7) is 2.92. The Labute approximate surface area is 165 Å². The predicted octanol–water partition coefficient (Wildman–Crippen LogP) is 2.59. The molecule has 2 heterocycles. The first-order chi connectivity index (χ1) is 13.1. The van der Waals surface area contributed by atoms with E-state index in [9.17, 15) is 9.59 Å². The lowest BCUT2D eigenvalue weighted by Gasteiger charge is -2.37. The number of piperidine rings is 2. The van der Waals surface area contributed by atoms with E-state index in [0.717, 1.165) is 18.6 Å². The summed E-state index contributed by atoms with van der Waals surface area (Å²) < 4.78 is 11.1. The fraction of sp³-hybridized carbons (Fsp3) is 0.600. The molecule has 148 valence electrons. The predicted molar refractivity (Wildman–Crippen MR) is 103 cm³/mol.